The Balaban J connectivity index is 1.23. The van der Waals surface area contributed by atoms with Crippen molar-refractivity contribution < 1.29 is 9.53 Å². The van der Waals surface area contributed by atoms with Gasteiger partial charge in [-0.15, -0.1) is 44.2 Å². The van der Waals surface area contributed by atoms with E-state index in [-0.39, 0.29) is 28.9 Å². The molecule has 6 heterocycles. The van der Waals surface area contributed by atoms with Crippen molar-refractivity contribution in [2.24, 2.45) is 11.5 Å². The van der Waals surface area contributed by atoms with Gasteiger partial charge in [-0.1, -0.05) is 12.8 Å². The normalized spacial score (nSPS) is 19.4. The number of hydrogen-bond acceptors (Lipinski definition) is 13. The number of nitrogens with zero attached hydrogens (tertiary/aromatic N) is 5. The van der Waals surface area contributed by atoms with Gasteiger partial charge in [0.05, 0.1) is 33.3 Å². The summed E-state index contributed by atoms with van der Waals surface area (Å²) >= 11 is 4.64. The second-order valence-corrected chi connectivity index (χ2v) is 13.2. The molecule has 0 aromatic carbocycles. The quantitative estimate of drug-likeness (QED) is 0.209. The van der Waals surface area contributed by atoms with Gasteiger partial charge in [0.15, 0.2) is 16.9 Å². The molecular formula is C27H29N9O3S3. The molecule has 12 nitrogen and oxygen atoms in total. The molecule has 42 heavy (non-hydrogen) atoms. The van der Waals surface area contributed by atoms with Crippen LogP contribution in [0.4, 0.5) is 22.5 Å². The van der Waals surface area contributed by atoms with Crippen LogP contribution in [-0.2, 0) is 4.74 Å². The first-order valence-corrected chi connectivity index (χ1v) is 16.3. The summed E-state index contributed by atoms with van der Waals surface area (Å²) in [5, 5.41) is 19.9. The average molecular weight is 624 g/mol. The number of ether oxygens (including phenoxy) is 1. The van der Waals surface area contributed by atoms with Crippen LogP contribution in [0.15, 0.2) is 34.0 Å². The van der Waals surface area contributed by atoms with Crippen LogP contribution in [0.5, 0.6) is 0 Å². The summed E-state index contributed by atoms with van der Waals surface area (Å²) in [5.74, 6) is 0.113. The first-order chi connectivity index (χ1) is 20.5. The van der Waals surface area contributed by atoms with Crippen LogP contribution in [0.25, 0.3) is 25.5 Å². The maximum atomic E-state index is 13.0. The highest BCUT2D eigenvalue weighted by atomic mass is 32.1. The number of rotatable bonds is 7. The zero-order valence-corrected chi connectivity index (χ0v) is 25.0. The highest BCUT2D eigenvalue weighted by molar-refractivity contribution is 7.29. The number of primary amides is 1. The van der Waals surface area contributed by atoms with Gasteiger partial charge in [0.25, 0.3) is 5.91 Å². The average Bonchev–Trinajstić information content (AvgIpc) is 3.75. The molecule has 1 saturated carbocycles. The second-order valence-electron chi connectivity index (χ2n) is 10.4. The summed E-state index contributed by atoms with van der Waals surface area (Å²) in [5.41, 5.74) is 14.4. The molecule has 0 radical (unpaired) electrons. The van der Waals surface area contributed by atoms with E-state index in [1.165, 1.54) is 17.7 Å². The number of amides is 1. The minimum Gasteiger partial charge on any atom is -0.378 e. The highest BCUT2D eigenvalue weighted by Gasteiger charge is 2.26. The van der Waals surface area contributed by atoms with Crippen molar-refractivity contribution in [3.05, 3.63) is 45.0 Å². The molecule has 0 bridgehead atoms. The first kappa shape index (κ1) is 27.2. The fraction of sp³-hybridized carbons (Fsp3) is 0.370. The number of anilines is 4. The molecule has 2 atom stereocenters. The van der Waals surface area contributed by atoms with Crippen molar-refractivity contribution in [2.45, 2.75) is 37.8 Å². The van der Waals surface area contributed by atoms with Crippen molar-refractivity contribution in [1.29, 1.82) is 0 Å². The van der Waals surface area contributed by atoms with E-state index in [1.807, 2.05) is 16.8 Å². The molecule has 6 N–H and O–H groups in total. The third kappa shape index (κ3) is 5.00. The van der Waals surface area contributed by atoms with Crippen LogP contribution in [0.1, 0.15) is 36.0 Å². The Kier molecular flexibility index (Phi) is 7.27. The summed E-state index contributed by atoms with van der Waals surface area (Å²) < 4.78 is 8.85. The summed E-state index contributed by atoms with van der Waals surface area (Å²) in [6, 6.07) is 3.77. The third-order valence-electron chi connectivity index (χ3n) is 7.72. The maximum Gasteiger partial charge on any atom is 0.256 e. The number of aromatic nitrogens is 4. The number of carbonyl (C=O) groups is 1. The Bertz CT molecular complexity index is 1840. The van der Waals surface area contributed by atoms with Crippen molar-refractivity contribution >= 4 is 77.4 Å². The van der Waals surface area contributed by atoms with E-state index in [9.17, 15) is 9.59 Å². The summed E-state index contributed by atoms with van der Waals surface area (Å²) in [7, 11) is 0. The van der Waals surface area contributed by atoms with Crippen LogP contribution in [0, 0.1) is 0 Å². The molecule has 1 amide bonds. The minimum absolute atomic E-state index is 0.00126. The monoisotopic (exact) mass is 623 g/mol. The van der Waals surface area contributed by atoms with Gasteiger partial charge < -0.3 is 31.7 Å². The summed E-state index contributed by atoms with van der Waals surface area (Å²) in [4.78, 5) is 33.6. The second kappa shape index (κ2) is 11.2. The van der Waals surface area contributed by atoms with Crippen molar-refractivity contribution in [1.82, 2.24) is 19.6 Å². The van der Waals surface area contributed by atoms with E-state index >= 15 is 0 Å². The first-order valence-electron chi connectivity index (χ1n) is 13.8. The number of fused-ring (bicyclic) bond motifs is 2. The molecule has 1 saturated heterocycles. The lowest BCUT2D eigenvalue weighted by molar-refractivity contribution is 0.100. The Hall–Kier alpha value is -3.63. The predicted octanol–water partition coefficient (Wildman–Crippen LogP) is 3.85. The largest absolute Gasteiger partial charge is 0.378 e. The standard InChI is InChI=1S/C27H29N9O3S3/c28-16-3-1-2-4-17(16)32-27-33-25(21(24(29)38)26-34-30-13-36(26)27)31-14-9-19(40-11-14)15-12-41-23-18(37)10-20(42-22(15)23)35-5-7-39-8-6-35/h9-13,16-17,31H,1-8,28H2,(H2,29,38)(H,32,33)/t16-,17+/m1/s1. The number of nitrogens with two attached hydrogens (primary N) is 2. The maximum absolute atomic E-state index is 13.0. The molecule has 0 unspecified atom stereocenters. The Labute approximate surface area is 252 Å². The molecule has 2 fully saturated rings. The van der Waals surface area contributed by atoms with Gasteiger partial charge >= 0.3 is 0 Å². The van der Waals surface area contributed by atoms with E-state index in [0.717, 1.165) is 69.3 Å². The Morgan fingerprint density at radius 2 is 1.93 bits per heavy atom. The summed E-state index contributed by atoms with van der Waals surface area (Å²) in [6.45, 7) is 2.84. The van der Waals surface area contributed by atoms with Crippen molar-refractivity contribution in [2.75, 3.05) is 41.8 Å². The van der Waals surface area contributed by atoms with Gasteiger partial charge in [-0.25, -0.2) is 0 Å². The molecule has 1 aliphatic heterocycles. The van der Waals surface area contributed by atoms with E-state index in [4.69, 9.17) is 21.2 Å². The number of morpholine rings is 1. The van der Waals surface area contributed by atoms with E-state index in [1.54, 1.807) is 33.1 Å². The SMILES string of the molecule is NC(=O)c1c(Nc2csc(-c3csc4c(=O)cc(N5CCOCC5)sc34)c2)nc(N[C@H]2CCCC[C@H]2N)n2cnnc12. The molecule has 5 aromatic rings. The highest BCUT2D eigenvalue weighted by Crippen LogP contribution is 2.42. The van der Waals surface area contributed by atoms with E-state index in [0.29, 0.717) is 24.8 Å². The fourth-order valence-corrected chi connectivity index (χ4v) is 8.90. The van der Waals surface area contributed by atoms with E-state index in [2.05, 4.69) is 25.7 Å². The molecule has 0 spiro atoms. The summed E-state index contributed by atoms with van der Waals surface area (Å²) in [6.07, 6.45) is 5.56. The van der Waals surface area contributed by atoms with Crippen LogP contribution in [0.2, 0.25) is 0 Å². The van der Waals surface area contributed by atoms with Gasteiger partial charge in [-0.3, -0.25) is 14.0 Å². The Morgan fingerprint density at radius 1 is 1.10 bits per heavy atom. The van der Waals surface area contributed by atoms with Crippen LogP contribution < -0.4 is 32.4 Å². The lowest BCUT2D eigenvalue weighted by Crippen LogP contribution is -2.43. The minimum atomic E-state index is -0.663. The molecule has 2 aliphatic rings. The molecule has 5 aromatic heterocycles. The van der Waals surface area contributed by atoms with Crippen LogP contribution in [0.3, 0.4) is 0 Å². The number of nitrogens with one attached hydrogen (secondary N) is 2. The number of carbonyl (C=O) groups excluding carboxylic acids is 1. The lowest BCUT2D eigenvalue weighted by Gasteiger charge is -2.30. The molecule has 7 rings (SSSR count). The van der Waals surface area contributed by atoms with E-state index < -0.39 is 5.91 Å². The van der Waals surface area contributed by atoms with Crippen LogP contribution in [-0.4, -0.2) is 63.9 Å². The van der Waals surface area contributed by atoms with Gasteiger partial charge in [-0.05, 0) is 18.9 Å². The van der Waals surface area contributed by atoms with Gasteiger partial charge in [0.1, 0.15) is 11.9 Å². The lowest BCUT2D eigenvalue weighted by atomic mass is 9.91. The predicted molar refractivity (Wildman–Crippen MR) is 169 cm³/mol. The number of hydrogen-bond donors (Lipinski definition) is 4. The van der Waals surface area contributed by atoms with Gasteiger partial charge in [0.2, 0.25) is 5.95 Å². The van der Waals surface area contributed by atoms with Gasteiger partial charge in [-0.2, -0.15) is 4.98 Å². The molecule has 218 valence electrons. The van der Waals surface area contributed by atoms with Gasteiger partial charge in [0, 0.05) is 52.4 Å². The topological polar surface area (TPSA) is 166 Å². The molecular weight excluding hydrogens is 595 g/mol. The third-order valence-corrected chi connectivity index (χ3v) is 11.0. The molecule has 1 aliphatic carbocycles. The van der Waals surface area contributed by atoms with Crippen LogP contribution >= 0.6 is 34.0 Å². The number of thiophene rings is 2. The zero-order chi connectivity index (χ0) is 28.8. The van der Waals surface area contributed by atoms with Crippen molar-refractivity contribution in [3.8, 4) is 10.4 Å². The molecule has 15 heteroatoms. The smallest absolute Gasteiger partial charge is 0.256 e. The zero-order valence-electron chi connectivity index (χ0n) is 22.5. The Morgan fingerprint density at radius 3 is 2.74 bits per heavy atom. The fourth-order valence-electron chi connectivity index (χ4n) is 5.53. The van der Waals surface area contributed by atoms with Crippen molar-refractivity contribution in [3.63, 3.8) is 0 Å².